The Kier molecular flexibility index (Phi) is 4.40. The van der Waals surface area contributed by atoms with Crippen LogP contribution in [0.15, 0.2) is 17.2 Å². The first kappa shape index (κ1) is 16.0. The zero-order valence-corrected chi connectivity index (χ0v) is 12.9. The van der Waals surface area contributed by atoms with E-state index in [9.17, 15) is 13.2 Å². The Bertz CT molecular complexity index is 629. The topological polar surface area (TPSA) is 97.6 Å². The molecule has 21 heavy (non-hydrogen) atoms. The Hall–Kier alpha value is -1.38. The van der Waals surface area contributed by atoms with Gasteiger partial charge in [-0.25, -0.2) is 17.9 Å². The van der Waals surface area contributed by atoms with Gasteiger partial charge in [-0.15, -0.1) is 0 Å². The second-order valence-corrected chi connectivity index (χ2v) is 7.16. The molecule has 2 rings (SSSR count). The van der Waals surface area contributed by atoms with E-state index >= 15 is 0 Å². The summed E-state index contributed by atoms with van der Waals surface area (Å²) >= 11 is 0. The Balaban J connectivity index is 2.15. The van der Waals surface area contributed by atoms with E-state index in [0.717, 1.165) is 31.7 Å². The molecule has 0 amide bonds. The minimum atomic E-state index is -3.75. The molecule has 1 heterocycles. The number of carboxylic acids is 1. The van der Waals surface area contributed by atoms with E-state index in [1.165, 1.54) is 17.8 Å². The molecule has 2 N–H and O–H groups in total. The number of aromatic carboxylic acids is 1. The van der Waals surface area contributed by atoms with Crippen LogP contribution in [0, 0.1) is 0 Å². The molecular formula is C13H20N2O5S. The summed E-state index contributed by atoms with van der Waals surface area (Å²) < 4.78 is 33.8. The van der Waals surface area contributed by atoms with Crippen LogP contribution in [-0.4, -0.2) is 43.3 Å². The predicted octanol–water partition coefficient (Wildman–Crippen LogP) is 0.961. The van der Waals surface area contributed by atoms with Crippen molar-refractivity contribution in [3.8, 4) is 0 Å². The maximum atomic E-state index is 12.3. The summed E-state index contributed by atoms with van der Waals surface area (Å²) in [5, 5.41) is 8.97. The molecule has 1 aromatic heterocycles. The smallest absolute Gasteiger partial charge is 0.352 e. The number of methoxy groups -OCH3 is 1. The van der Waals surface area contributed by atoms with Crippen molar-refractivity contribution in [2.75, 3.05) is 13.7 Å². The third kappa shape index (κ3) is 3.28. The maximum Gasteiger partial charge on any atom is 0.352 e. The first-order valence-electron chi connectivity index (χ1n) is 6.74. The normalized spacial score (nSPS) is 18.0. The van der Waals surface area contributed by atoms with Gasteiger partial charge in [0.25, 0.3) is 0 Å². The number of hydrogen-bond donors (Lipinski definition) is 2. The molecule has 1 aliphatic carbocycles. The molecule has 0 bridgehead atoms. The molecular weight excluding hydrogens is 296 g/mol. The van der Waals surface area contributed by atoms with Crippen molar-refractivity contribution in [1.82, 2.24) is 9.29 Å². The Morgan fingerprint density at radius 2 is 2.10 bits per heavy atom. The van der Waals surface area contributed by atoms with Gasteiger partial charge in [-0.05, 0) is 18.9 Å². The van der Waals surface area contributed by atoms with Crippen LogP contribution >= 0.6 is 0 Å². The molecule has 0 aliphatic heterocycles. The molecule has 0 saturated heterocycles. The van der Waals surface area contributed by atoms with E-state index in [-0.39, 0.29) is 17.1 Å². The highest BCUT2D eigenvalue weighted by Crippen LogP contribution is 2.32. The number of carbonyl (C=O) groups is 1. The molecule has 1 aromatic rings. The number of sulfonamides is 1. The zero-order chi connectivity index (χ0) is 15.7. The number of hydrogen-bond acceptors (Lipinski definition) is 4. The van der Waals surface area contributed by atoms with Crippen LogP contribution in [0.2, 0.25) is 0 Å². The van der Waals surface area contributed by atoms with Crippen molar-refractivity contribution in [3.05, 3.63) is 18.0 Å². The molecule has 0 spiro atoms. The standard InChI is InChI=1S/C13H20N2O5S/c1-15-8-10(7-11(15)12(16)17)21(18,19)14-9-13(20-2)5-3-4-6-13/h7-8,14H,3-6,9H2,1-2H3,(H,16,17). The lowest BCUT2D eigenvalue weighted by Gasteiger charge is -2.27. The average Bonchev–Trinajstić information content (AvgIpc) is 3.04. The van der Waals surface area contributed by atoms with E-state index < -0.39 is 21.6 Å². The van der Waals surface area contributed by atoms with Crippen molar-refractivity contribution in [2.45, 2.75) is 36.2 Å². The van der Waals surface area contributed by atoms with E-state index in [1.54, 1.807) is 7.11 Å². The number of ether oxygens (including phenoxy) is 1. The minimum absolute atomic E-state index is 0.0494. The van der Waals surface area contributed by atoms with Gasteiger partial charge in [-0.3, -0.25) is 0 Å². The van der Waals surface area contributed by atoms with E-state index in [0.29, 0.717) is 0 Å². The highest BCUT2D eigenvalue weighted by molar-refractivity contribution is 7.89. The second-order valence-electron chi connectivity index (χ2n) is 5.40. The Labute approximate surface area is 124 Å². The van der Waals surface area contributed by atoms with Crippen LogP contribution in [-0.2, 0) is 21.8 Å². The van der Waals surface area contributed by atoms with Gasteiger partial charge in [-0.1, -0.05) is 12.8 Å². The number of aromatic nitrogens is 1. The maximum absolute atomic E-state index is 12.3. The fourth-order valence-electron chi connectivity index (χ4n) is 2.68. The van der Waals surface area contributed by atoms with Crippen LogP contribution in [0.4, 0.5) is 0 Å². The lowest BCUT2D eigenvalue weighted by atomic mass is 10.0. The number of nitrogens with one attached hydrogen (secondary N) is 1. The third-order valence-electron chi connectivity index (χ3n) is 4.04. The molecule has 1 fully saturated rings. The van der Waals surface area contributed by atoms with Crippen LogP contribution in [0.1, 0.15) is 36.2 Å². The Morgan fingerprint density at radius 3 is 2.57 bits per heavy atom. The quantitative estimate of drug-likeness (QED) is 0.814. The van der Waals surface area contributed by atoms with Gasteiger partial charge in [0.05, 0.1) is 5.60 Å². The Morgan fingerprint density at radius 1 is 1.48 bits per heavy atom. The summed E-state index contributed by atoms with van der Waals surface area (Å²) in [5.74, 6) is -1.16. The van der Waals surface area contributed by atoms with Crippen molar-refractivity contribution >= 4 is 16.0 Å². The molecule has 0 radical (unpaired) electrons. The number of aryl methyl sites for hydroxylation is 1. The number of carboxylic acid groups (broad SMARTS) is 1. The largest absolute Gasteiger partial charge is 0.477 e. The van der Waals surface area contributed by atoms with Gasteiger partial charge in [0.1, 0.15) is 10.6 Å². The second kappa shape index (κ2) is 5.78. The van der Waals surface area contributed by atoms with Gasteiger partial charge >= 0.3 is 5.97 Å². The van der Waals surface area contributed by atoms with Gasteiger partial charge in [-0.2, -0.15) is 0 Å². The molecule has 0 atom stereocenters. The van der Waals surface area contributed by atoms with Crippen molar-refractivity contribution in [2.24, 2.45) is 7.05 Å². The van der Waals surface area contributed by atoms with Crippen LogP contribution < -0.4 is 4.72 Å². The monoisotopic (exact) mass is 316 g/mol. The number of nitrogens with zero attached hydrogens (tertiary/aromatic N) is 1. The highest BCUT2D eigenvalue weighted by Gasteiger charge is 2.35. The average molecular weight is 316 g/mol. The lowest BCUT2D eigenvalue weighted by molar-refractivity contribution is 0.000884. The van der Waals surface area contributed by atoms with Gasteiger partial charge in [0.15, 0.2) is 0 Å². The molecule has 0 unspecified atom stereocenters. The van der Waals surface area contributed by atoms with Gasteiger partial charge < -0.3 is 14.4 Å². The van der Waals surface area contributed by atoms with Gasteiger partial charge in [0, 0.05) is 26.9 Å². The summed E-state index contributed by atoms with van der Waals surface area (Å²) in [4.78, 5) is 10.9. The zero-order valence-electron chi connectivity index (χ0n) is 12.1. The van der Waals surface area contributed by atoms with Crippen LogP contribution in [0.5, 0.6) is 0 Å². The molecule has 8 heteroatoms. The first-order chi connectivity index (χ1) is 9.80. The summed E-state index contributed by atoms with van der Waals surface area (Å²) in [6.45, 7) is 0.198. The van der Waals surface area contributed by atoms with Gasteiger partial charge in [0.2, 0.25) is 10.0 Å². The summed E-state index contributed by atoms with van der Waals surface area (Å²) in [6.07, 6.45) is 4.97. The SMILES string of the molecule is COC1(CNS(=O)(=O)c2cc(C(=O)O)n(C)c2)CCCC1. The fraction of sp³-hybridized carbons (Fsp3) is 0.615. The van der Waals surface area contributed by atoms with Crippen LogP contribution in [0.3, 0.4) is 0 Å². The third-order valence-corrected chi connectivity index (χ3v) is 5.41. The van der Waals surface area contributed by atoms with E-state index in [2.05, 4.69) is 4.72 Å². The van der Waals surface area contributed by atoms with E-state index in [4.69, 9.17) is 9.84 Å². The first-order valence-corrected chi connectivity index (χ1v) is 8.22. The molecule has 0 aromatic carbocycles. The number of rotatable bonds is 6. The lowest BCUT2D eigenvalue weighted by Crippen LogP contribution is -2.42. The van der Waals surface area contributed by atoms with E-state index in [1.807, 2.05) is 0 Å². The van der Waals surface area contributed by atoms with Crippen molar-refractivity contribution in [3.63, 3.8) is 0 Å². The molecule has 1 aliphatic rings. The molecule has 118 valence electrons. The predicted molar refractivity (Wildman–Crippen MR) is 75.8 cm³/mol. The summed E-state index contributed by atoms with van der Waals surface area (Å²) in [7, 11) is -0.661. The minimum Gasteiger partial charge on any atom is -0.477 e. The molecule has 1 saturated carbocycles. The van der Waals surface area contributed by atoms with Crippen molar-refractivity contribution in [1.29, 1.82) is 0 Å². The highest BCUT2D eigenvalue weighted by atomic mass is 32.2. The van der Waals surface area contributed by atoms with Crippen molar-refractivity contribution < 1.29 is 23.1 Å². The molecule has 7 nitrogen and oxygen atoms in total. The summed E-state index contributed by atoms with van der Waals surface area (Å²) in [5.41, 5.74) is -0.519. The van der Waals surface area contributed by atoms with Crippen LogP contribution in [0.25, 0.3) is 0 Å². The summed E-state index contributed by atoms with van der Waals surface area (Å²) in [6, 6.07) is 1.15. The fourth-order valence-corrected chi connectivity index (χ4v) is 3.86.